The minimum absolute atomic E-state index is 0.135. The van der Waals surface area contributed by atoms with E-state index in [0.717, 1.165) is 16.9 Å². The second-order valence-corrected chi connectivity index (χ2v) is 6.31. The van der Waals surface area contributed by atoms with Gasteiger partial charge in [-0.2, -0.15) is 4.99 Å². The normalized spacial score (nSPS) is 11.7. The van der Waals surface area contributed by atoms with Crippen molar-refractivity contribution < 1.29 is 18.7 Å². The van der Waals surface area contributed by atoms with Crippen LogP contribution in [-0.4, -0.2) is 23.6 Å². The summed E-state index contributed by atoms with van der Waals surface area (Å²) in [4.78, 5) is 28.3. The number of halogens is 1. The summed E-state index contributed by atoms with van der Waals surface area (Å²) in [5, 5.41) is 0. The number of amides is 1. The van der Waals surface area contributed by atoms with Crippen molar-refractivity contribution in [1.29, 1.82) is 0 Å². The number of para-hydroxylation sites is 1. The molecule has 0 aliphatic carbocycles. The van der Waals surface area contributed by atoms with Gasteiger partial charge in [0.2, 0.25) is 0 Å². The van der Waals surface area contributed by atoms with Crippen molar-refractivity contribution in [3.05, 3.63) is 64.7 Å². The Labute approximate surface area is 147 Å². The van der Waals surface area contributed by atoms with Gasteiger partial charge in [0.1, 0.15) is 12.4 Å². The molecule has 0 N–H and O–H groups in total. The molecule has 0 aliphatic heterocycles. The van der Waals surface area contributed by atoms with Crippen molar-refractivity contribution in [2.45, 2.75) is 13.0 Å². The molecule has 2 aromatic carbocycles. The van der Waals surface area contributed by atoms with Gasteiger partial charge < -0.3 is 9.30 Å². The van der Waals surface area contributed by atoms with Crippen molar-refractivity contribution in [2.75, 3.05) is 7.11 Å². The first-order valence-corrected chi connectivity index (χ1v) is 8.36. The average molecular weight is 358 g/mol. The number of rotatable bonds is 4. The second kappa shape index (κ2) is 7.40. The summed E-state index contributed by atoms with van der Waals surface area (Å²) in [5.41, 5.74) is 1.08. The van der Waals surface area contributed by atoms with E-state index < -0.39 is 11.8 Å². The first-order valence-electron chi connectivity index (χ1n) is 7.54. The van der Waals surface area contributed by atoms with Gasteiger partial charge in [0.25, 0.3) is 5.91 Å². The minimum Gasteiger partial charge on any atom is -0.468 e. The monoisotopic (exact) mass is 358 g/mol. The number of ether oxygens (including phenoxy) is 1. The van der Waals surface area contributed by atoms with Crippen LogP contribution in [0.3, 0.4) is 0 Å². The smallest absolute Gasteiger partial charge is 0.325 e. The fourth-order valence-corrected chi connectivity index (χ4v) is 3.49. The summed E-state index contributed by atoms with van der Waals surface area (Å²) in [7, 11) is 1.26. The van der Waals surface area contributed by atoms with Crippen molar-refractivity contribution in [2.24, 2.45) is 4.99 Å². The van der Waals surface area contributed by atoms with Gasteiger partial charge in [-0.3, -0.25) is 9.59 Å². The van der Waals surface area contributed by atoms with E-state index in [1.54, 1.807) is 12.1 Å². The minimum atomic E-state index is -0.542. The Morgan fingerprint density at radius 2 is 1.92 bits per heavy atom. The topological polar surface area (TPSA) is 60.7 Å². The Morgan fingerprint density at radius 1 is 1.16 bits per heavy atom. The molecule has 0 saturated heterocycles. The molecule has 0 atom stereocenters. The molecule has 25 heavy (non-hydrogen) atoms. The van der Waals surface area contributed by atoms with Crippen LogP contribution >= 0.6 is 11.3 Å². The van der Waals surface area contributed by atoms with Crippen LogP contribution in [-0.2, 0) is 27.3 Å². The van der Waals surface area contributed by atoms with Gasteiger partial charge in [-0.25, -0.2) is 4.39 Å². The van der Waals surface area contributed by atoms with E-state index in [0.29, 0.717) is 4.70 Å². The third-order valence-electron chi connectivity index (χ3n) is 3.59. The maximum absolute atomic E-state index is 14.2. The highest BCUT2D eigenvalue weighted by Crippen LogP contribution is 2.20. The number of carbonyl (C=O) groups excluding carboxylic acids is 2. The predicted octanol–water partition coefficient (Wildman–Crippen LogP) is 2.68. The van der Waals surface area contributed by atoms with Gasteiger partial charge in [-0.15, -0.1) is 0 Å². The van der Waals surface area contributed by atoms with Crippen LogP contribution in [0.5, 0.6) is 0 Å². The van der Waals surface area contributed by atoms with E-state index in [1.165, 1.54) is 17.7 Å². The molecule has 1 aromatic heterocycles. The highest BCUT2D eigenvalue weighted by Gasteiger charge is 2.14. The Hall–Kier alpha value is -2.80. The van der Waals surface area contributed by atoms with E-state index in [4.69, 9.17) is 0 Å². The highest BCUT2D eigenvalue weighted by molar-refractivity contribution is 7.16. The lowest BCUT2D eigenvalue weighted by atomic mass is 10.1. The quantitative estimate of drug-likeness (QED) is 0.674. The van der Waals surface area contributed by atoms with E-state index >= 15 is 0 Å². The zero-order valence-electron chi connectivity index (χ0n) is 13.4. The first-order chi connectivity index (χ1) is 12.1. The Balaban J connectivity index is 2.05. The maximum Gasteiger partial charge on any atom is 0.325 e. The van der Waals surface area contributed by atoms with Gasteiger partial charge in [-0.05, 0) is 17.7 Å². The molecule has 128 valence electrons. The molecule has 7 heteroatoms. The molecular formula is C18H15FN2O3S. The molecule has 0 fully saturated rings. The number of methoxy groups -OCH3 is 1. The van der Waals surface area contributed by atoms with E-state index in [1.807, 2.05) is 30.3 Å². The number of hydrogen-bond acceptors (Lipinski definition) is 4. The molecule has 0 saturated carbocycles. The molecule has 3 rings (SSSR count). The van der Waals surface area contributed by atoms with Crippen molar-refractivity contribution in [3.63, 3.8) is 0 Å². The van der Waals surface area contributed by atoms with Crippen molar-refractivity contribution in [3.8, 4) is 0 Å². The molecule has 1 amide bonds. The number of hydrogen-bond donors (Lipinski definition) is 0. The van der Waals surface area contributed by atoms with Crippen molar-refractivity contribution in [1.82, 2.24) is 4.57 Å². The zero-order valence-corrected chi connectivity index (χ0v) is 14.3. The maximum atomic E-state index is 14.2. The van der Waals surface area contributed by atoms with Crippen LogP contribution in [0.4, 0.5) is 4.39 Å². The number of aromatic nitrogens is 1. The summed E-state index contributed by atoms with van der Waals surface area (Å²) < 4.78 is 20.9. The van der Waals surface area contributed by atoms with Crippen LogP contribution in [0, 0.1) is 5.82 Å². The number of benzene rings is 2. The van der Waals surface area contributed by atoms with E-state index in [2.05, 4.69) is 9.73 Å². The Kier molecular flexibility index (Phi) is 5.04. The summed E-state index contributed by atoms with van der Waals surface area (Å²) in [6.07, 6.45) is 0.135. The lowest BCUT2D eigenvalue weighted by molar-refractivity contribution is -0.141. The molecule has 3 aromatic rings. The number of esters is 1. The van der Waals surface area contributed by atoms with E-state index in [9.17, 15) is 14.0 Å². The Morgan fingerprint density at radius 3 is 2.64 bits per heavy atom. The predicted molar refractivity (Wildman–Crippen MR) is 92.5 cm³/mol. The van der Waals surface area contributed by atoms with Gasteiger partial charge >= 0.3 is 5.97 Å². The third kappa shape index (κ3) is 3.83. The Bertz CT molecular complexity index is 992. The molecular weight excluding hydrogens is 343 g/mol. The fourth-order valence-electron chi connectivity index (χ4n) is 2.43. The lowest BCUT2D eigenvalue weighted by Crippen LogP contribution is -2.23. The average Bonchev–Trinajstić information content (AvgIpc) is 2.94. The highest BCUT2D eigenvalue weighted by atomic mass is 32.1. The van der Waals surface area contributed by atoms with Crippen LogP contribution in [0.2, 0.25) is 0 Å². The summed E-state index contributed by atoms with van der Waals surface area (Å²) in [6, 6.07) is 13.8. The van der Waals surface area contributed by atoms with E-state index in [-0.39, 0.29) is 29.2 Å². The molecule has 0 aliphatic rings. The first kappa shape index (κ1) is 17.0. The lowest BCUT2D eigenvalue weighted by Gasteiger charge is -2.04. The number of fused-ring (bicyclic) bond motifs is 1. The number of nitrogens with zero attached hydrogens (tertiary/aromatic N) is 2. The second-order valence-electron chi connectivity index (χ2n) is 5.30. The third-order valence-corrected chi connectivity index (χ3v) is 4.63. The molecule has 0 radical (unpaired) electrons. The van der Waals surface area contributed by atoms with Crippen LogP contribution in [0.1, 0.15) is 5.56 Å². The zero-order chi connectivity index (χ0) is 17.8. The summed E-state index contributed by atoms with van der Waals surface area (Å²) >= 11 is 1.16. The standard InChI is InChI=1S/C18H15FN2O3S/c1-24-16(23)11-21-17-13(19)8-5-9-14(17)25-18(21)20-15(22)10-12-6-3-2-4-7-12/h2-9H,10-11H2,1H3. The largest absolute Gasteiger partial charge is 0.468 e. The number of carbonyl (C=O) groups is 2. The number of thiazole rings is 1. The molecule has 1 heterocycles. The van der Waals surface area contributed by atoms with Crippen LogP contribution in [0.15, 0.2) is 53.5 Å². The molecule has 0 spiro atoms. The fraction of sp³-hybridized carbons (Fsp3) is 0.167. The van der Waals surface area contributed by atoms with Crippen LogP contribution < -0.4 is 4.80 Å². The van der Waals surface area contributed by atoms with Gasteiger partial charge in [-0.1, -0.05) is 47.7 Å². The summed E-state index contributed by atoms with van der Waals surface area (Å²) in [5.74, 6) is -1.38. The molecule has 0 bridgehead atoms. The molecule has 5 nitrogen and oxygen atoms in total. The summed E-state index contributed by atoms with van der Waals surface area (Å²) in [6.45, 7) is -0.213. The van der Waals surface area contributed by atoms with Gasteiger partial charge in [0, 0.05) is 0 Å². The van der Waals surface area contributed by atoms with Crippen molar-refractivity contribution >= 4 is 33.4 Å². The SMILES string of the molecule is COC(=O)Cn1c(=NC(=O)Cc2ccccc2)sc2cccc(F)c21. The van der Waals surface area contributed by atoms with Gasteiger partial charge in [0.15, 0.2) is 4.80 Å². The van der Waals surface area contributed by atoms with Crippen LogP contribution in [0.25, 0.3) is 10.2 Å². The van der Waals surface area contributed by atoms with Gasteiger partial charge in [0.05, 0.1) is 23.7 Å². The molecule has 0 unspecified atom stereocenters.